The standard InChI is InChI=1S/C12H15BrF2N2O2S.ClH/c1-16-8-2-4-17(5-3-8)20(18,19)12-7-10(14)9(13)6-11(12)15;/h6-8,16H,2-5H2,1H3;1H. The van der Waals surface area contributed by atoms with Crippen LogP contribution < -0.4 is 5.32 Å². The Morgan fingerprint density at radius 2 is 1.81 bits per heavy atom. The molecule has 0 radical (unpaired) electrons. The lowest BCUT2D eigenvalue weighted by Gasteiger charge is -2.31. The molecule has 1 aliphatic rings. The Morgan fingerprint density at radius 1 is 1.24 bits per heavy atom. The molecule has 0 aromatic heterocycles. The first-order valence-electron chi connectivity index (χ1n) is 6.18. The second-order valence-electron chi connectivity index (χ2n) is 4.66. The molecule has 0 unspecified atom stereocenters. The predicted molar refractivity (Wildman–Crippen MR) is 82.1 cm³/mol. The van der Waals surface area contributed by atoms with Crippen molar-refractivity contribution in [1.29, 1.82) is 0 Å². The van der Waals surface area contributed by atoms with E-state index in [0.717, 1.165) is 12.1 Å². The van der Waals surface area contributed by atoms with E-state index in [4.69, 9.17) is 0 Å². The van der Waals surface area contributed by atoms with Crippen LogP contribution in [0.2, 0.25) is 0 Å². The van der Waals surface area contributed by atoms with Crippen molar-refractivity contribution in [1.82, 2.24) is 9.62 Å². The molecule has 0 amide bonds. The number of piperidine rings is 1. The van der Waals surface area contributed by atoms with Gasteiger partial charge in [0.05, 0.1) is 4.47 Å². The van der Waals surface area contributed by atoms with Crippen LogP contribution in [-0.4, -0.2) is 38.9 Å². The van der Waals surface area contributed by atoms with Gasteiger partial charge < -0.3 is 5.32 Å². The van der Waals surface area contributed by atoms with E-state index in [0.29, 0.717) is 25.9 Å². The Labute approximate surface area is 137 Å². The molecule has 1 saturated heterocycles. The highest BCUT2D eigenvalue weighted by atomic mass is 79.9. The summed E-state index contributed by atoms with van der Waals surface area (Å²) in [4.78, 5) is -0.610. The second kappa shape index (κ2) is 7.32. The first-order chi connectivity index (χ1) is 9.36. The van der Waals surface area contributed by atoms with Crippen molar-refractivity contribution in [3.8, 4) is 0 Å². The maximum Gasteiger partial charge on any atom is 0.246 e. The van der Waals surface area contributed by atoms with Crippen LogP contribution in [0.3, 0.4) is 0 Å². The minimum Gasteiger partial charge on any atom is -0.317 e. The third-order valence-corrected chi connectivity index (χ3v) is 5.98. The SMILES string of the molecule is CNC1CCN(S(=O)(=O)c2cc(F)c(Br)cc2F)CC1.Cl. The molecule has 1 fully saturated rings. The first-order valence-corrected chi connectivity index (χ1v) is 8.41. The normalized spacial score (nSPS) is 17.5. The number of nitrogens with one attached hydrogen (secondary N) is 1. The Hall–Kier alpha value is -0.280. The number of hydrogen-bond donors (Lipinski definition) is 1. The van der Waals surface area contributed by atoms with Gasteiger partial charge in [0.15, 0.2) is 0 Å². The van der Waals surface area contributed by atoms with Gasteiger partial charge in [0.2, 0.25) is 10.0 Å². The van der Waals surface area contributed by atoms with E-state index < -0.39 is 26.6 Å². The highest BCUT2D eigenvalue weighted by molar-refractivity contribution is 9.10. The van der Waals surface area contributed by atoms with Gasteiger partial charge in [-0.1, -0.05) is 0 Å². The highest BCUT2D eigenvalue weighted by Crippen LogP contribution is 2.27. The highest BCUT2D eigenvalue weighted by Gasteiger charge is 2.31. The predicted octanol–water partition coefficient (Wildman–Crippen LogP) is 2.52. The molecule has 2 rings (SSSR count). The molecule has 1 heterocycles. The Kier molecular flexibility index (Phi) is 6.54. The molecule has 9 heteroatoms. The van der Waals surface area contributed by atoms with Crippen molar-refractivity contribution in [2.45, 2.75) is 23.8 Å². The summed E-state index contributed by atoms with van der Waals surface area (Å²) in [5.74, 6) is -1.75. The second-order valence-corrected chi connectivity index (χ2v) is 7.42. The van der Waals surface area contributed by atoms with Gasteiger partial charge in [-0.05, 0) is 48.0 Å². The van der Waals surface area contributed by atoms with E-state index in [2.05, 4.69) is 21.2 Å². The van der Waals surface area contributed by atoms with Crippen molar-refractivity contribution in [2.24, 2.45) is 0 Å². The number of sulfonamides is 1. The molecule has 1 aliphatic heterocycles. The number of halogens is 4. The quantitative estimate of drug-likeness (QED) is 0.786. The zero-order valence-corrected chi connectivity index (χ0v) is 14.5. The summed E-state index contributed by atoms with van der Waals surface area (Å²) in [5.41, 5.74) is 0. The van der Waals surface area contributed by atoms with Crippen molar-refractivity contribution in [3.63, 3.8) is 0 Å². The molecule has 0 atom stereocenters. The molecule has 4 nitrogen and oxygen atoms in total. The van der Waals surface area contributed by atoms with Crippen LogP contribution in [0.5, 0.6) is 0 Å². The van der Waals surface area contributed by atoms with Crippen molar-refractivity contribution < 1.29 is 17.2 Å². The van der Waals surface area contributed by atoms with Gasteiger partial charge in [-0.3, -0.25) is 0 Å². The van der Waals surface area contributed by atoms with E-state index in [-0.39, 0.29) is 22.9 Å². The molecular formula is C12H16BrClF2N2O2S. The smallest absolute Gasteiger partial charge is 0.246 e. The summed E-state index contributed by atoms with van der Waals surface area (Å²) in [5, 5.41) is 3.08. The molecule has 0 saturated carbocycles. The number of hydrogen-bond acceptors (Lipinski definition) is 3. The minimum absolute atomic E-state index is 0. The summed E-state index contributed by atoms with van der Waals surface area (Å²) in [6.07, 6.45) is 1.30. The lowest BCUT2D eigenvalue weighted by Crippen LogP contribution is -2.44. The monoisotopic (exact) mass is 404 g/mol. The van der Waals surface area contributed by atoms with Crippen molar-refractivity contribution in [2.75, 3.05) is 20.1 Å². The Balaban J connectivity index is 0.00000220. The van der Waals surface area contributed by atoms with Gasteiger partial charge in [0.25, 0.3) is 0 Å². The van der Waals surface area contributed by atoms with Gasteiger partial charge in [-0.15, -0.1) is 12.4 Å². The largest absolute Gasteiger partial charge is 0.317 e. The van der Waals surface area contributed by atoms with Crippen LogP contribution >= 0.6 is 28.3 Å². The summed E-state index contributed by atoms with van der Waals surface area (Å²) >= 11 is 2.83. The Bertz CT molecular complexity index is 608. The van der Waals surface area contributed by atoms with Gasteiger partial charge >= 0.3 is 0 Å². The summed E-state index contributed by atoms with van der Waals surface area (Å²) < 4.78 is 53.1. The van der Waals surface area contributed by atoms with Crippen LogP contribution in [-0.2, 0) is 10.0 Å². The van der Waals surface area contributed by atoms with E-state index >= 15 is 0 Å². The van der Waals surface area contributed by atoms with Crippen molar-refractivity contribution >= 4 is 38.4 Å². The van der Waals surface area contributed by atoms with Gasteiger partial charge in [0, 0.05) is 19.1 Å². The molecule has 1 aromatic carbocycles. The fourth-order valence-electron chi connectivity index (χ4n) is 2.23. The van der Waals surface area contributed by atoms with Gasteiger partial charge in [-0.2, -0.15) is 4.31 Å². The van der Waals surface area contributed by atoms with Crippen LogP contribution in [0.4, 0.5) is 8.78 Å². The van der Waals surface area contributed by atoms with E-state index in [1.165, 1.54) is 4.31 Å². The van der Waals surface area contributed by atoms with Crippen LogP contribution in [0.1, 0.15) is 12.8 Å². The van der Waals surface area contributed by atoms with E-state index in [1.54, 1.807) is 0 Å². The minimum atomic E-state index is -3.99. The molecule has 1 aromatic rings. The third kappa shape index (κ3) is 3.92. The fraction of sp³-hybridized carbons (Fsp3) is 0.500. The molecular weight excluding hydrogens is 390 g/mol. The fourth-order valence-corrected chi connectivity index (χ4v) is 4.07. The summed E-state index contributed by atoms with van der Waals surface area (Å²) in [6.45, 7) is 0.593. The van der Waals surface area contributed by atoms with Crippen LogP contribution in [0.25, 0.3) is 0 Å². The average molecular weight is 406 g/mol. The average Bonchev–Trinajstić information content (AvgIpc) is 2.42. The van der Waals surface area contributed by atoms with Gasteiger partial charge in [0.1, 0.15) is 16.5 Å². The third-order valence-electron chi connectivity index (χ3n) is 3.45. The van der Waals surface area contributed by atoms with Crippen molar-refractivity contribution in [3.05, 3.63) is 28.2 Å². The van der Waals surface area contributed by atoms with Crippen LogP contribution in [0.15, 0.2) is 21.5 Å². The lowest BCUT2D eigenvalue weighted by molar-refractivity contribution is 0.297. The maximum absolute atomic E-state index is 13.8. The first kappa shape index (κ1) is 18.8. The summed E-state index contributed by atoms with van der Waals surface area (Å²) in [6, 6.07) is 1.81. The molecule has 1 N–H and O–H groups in total. The maximum atomic E-state index is 13.8. The molecule has 0 spiro atoms. The van der Waals surface area contributed by atoms with Gasteiger partial charge in [-0.25, -0.2) is 17.2 Å². The number of rotatable bonds is 3. The number of benzene rings is 1. The molecule has 120 valence electrons. The lowest BCUT2D eigenvalue weighted by atomic mass is 10.1. The topological polar surface area (TPSA) is 49.4 Å². The zero-order valence-electron chi connectivity index (χ0n) is 11.3. The molecule has 21 heavy (non-hydrogen) atoms. The summed E-state index contributed by atoms with van der Waals surface area (Å²) in [7, 11) is -2.18. The van der Waals surface area contributed by atoms with E-state index in [9.17, 15) is 17.2 Å². The molecule has 0 aliphatic carbocycles. The van der Waals surface area contributed by atoms with E-state index in [1.807, 2.05) is 7.05 Å². The Morgan fingerprint density at radius 3 is 2.33 bits per heavy atom. The zero-order chi connectivity index (χ0) is 14.9. The van der Waals surface area contributed by atoms with Crippen LogP contribution in [0, 0.1) is 11.6 Å². The molecule has 0 bridgehead atoms. The number of nitrogens with zero attached hydrogens (tertiary/aromatic N) is 1.